The first-order chi connectivity index (χ1) is 15.5. The van der Waals surface area contributed by atoms with Crippen molar-refractivity contribution in [2.24, 2.45) is 5.41 Å². The third-order valence-electron chi connectivity index (χ3n) is 7.40. The lowest BCUT2D eigenvalue weighted by Gasteiger charge is -2.39. The summed E-state index contributed by atoms with van der Waals surface area (Å²) in [7, 11) is 2.16. The van der Waals surface area contributed by atoms with E-state index >= 15 is 0 Å². The van der Waals surface area contributed by atoms with E-state index in [1.54, 1.807) is 6.92 Å². The van der Waals surface area contributed by atoms with Gasteiger partial charge in [0.1, 0.15) is 6.61 Å². The van der Waals surface area contributed by atoms with E-state index in [1.807, 2.05) is 17.0 Å². The number of likely N-dealkylation sites (tertiary alicyclic amines) is 1. The van der Waals surface area contributed by atoms with E-state index in [2.05, 4.69) is 39.5 Å². The van der Waals surface area contributed by atoms with Crippen LogP contribution in [0.3, 0.4) is 0 Å². The van der Waals surface area contributed by atoms with Gasteiger partial charge in [0.25, 0.3) is 0 Å². The Bertz CT molecular complexity index is 1040. The fraction of sp³-hybridized carbons (Fsp3) is 0.522. The van der Waals surface area contributed by atoms with Crippen molar-refractivity contribution >= 4 is 11.9 Å². The number of benzene rings is 1. The van der Waals surface area contributed by atoms with Gasteiger partial charge in [-0.05, 0) is 69.0 Å². The zero-order valence-electron chi connectivity index (χ0n) is 18.5. The number of rotatable bonds is 5. The number of amides is 1. The molecule has 32 heavy (non-hydrogen) atoms. The molecular formula is C23H28N6O3. The second kappa shape index (κ2) is 8.12. The minimum Gasteiger partial charge on any atom is -0.456 e. The first kappa shape index (κ1) is 20.8. The molecule has 0 radical (unpaired) electrons. The molecule has 2 aliphatic heterocycles. The van der Waals surface area contributed by atoms with E-state index in [0.717, 1.165) is 50.0 Å². The Morgan fingerprint density at radius 2 is 1.91 bits per heavy atom. The summed E-state index contributed by atoms with van der Waals surface area (Å²) in [6.45, 7) is 3.53. The molecule has 0 atom stereocenters. The lowest BCUT2D eigenvalue weighted by atomic mass is 9.71. The summed E-state index contributed by atoms with van der Waals surface area (Å²) >= 11 is 0. The normalized spacial score (nSPS) is 26.0. The van der Waals surface area contributed by atoms with E-state index in [9.17, 15) is 9.59 Å². The number of carbonyl (C=O) groups excluding carboxylic acids is 2. The number of esters is 1. The van der Waals surface area contributed by atoms with Crippen LogP contribution in [0, 0.1) is 5.41 Å². The van der Waals surface area contributed by atoms with Crippen LogP contribution in [0.2, 0.25) is 0 Å². The molecule has 2 fully saturated rings. The van der Waals surface area contributed by atoms with Crippen molar-refractivity contribution < 1.29 is 14.3 Å². The number of aromatic nitrogens is 4. The molecule has 3 aliphatic rings. The van der Waals surface area contributed by atoms with Gasteiger partial charge in [-0.3, -0.25) is 9.69 Å². The maximum absolute atomic E-state index is 13.3. The fourth-order valence-electron chi connectivity index (χ4n) is 5.32. The fourth-order valence-corrected chi connectivity index (χ4v) is 5.32. The van der Waals surface area contributed by atoms with Gasteiger partial charge in [0.05, 0.1) is 22.4 Å². The molecule has 1 saturated heterocycles. The predicted molar refractivity (Wildman–Crippen MR) is 115 cm³/mol. The number of hydrogen-bond acceptors (Lipinski definition) is 7. The summed E-state index contributed by atoms with van der Waals surface area (Å²) in [5, 5.41) is 11.7. The highest BCUT2D eigenvalue weighted by Gasteiger charge is 2.50. The first-order valence-electron chi connectivity index (χ1n) is 11.2. The van der Waals surface area contributed by atoms with Crippen LogP contribution in [0.25, 0.3) is 5.69 Å². The molecule has 1 aliphatic carbocycles. The number of hydrogen-bond donors (Lipinski definition) is 0. The predicted octanol–water partition coefficient (Wildman–Crippen LogP) is 2.09. The topological polar surface area (TPSA) is 93.5 Å². The molecule has 1 saturated carbocycles. The van der Waals surface area contributed by atoms with Crippen LogP contribution in [-0.2, 0) is 20.9 Å². The third kappa shape index (κ3) is 3.60. The summed E-state index contributed by atoms with van der Waals surface area (Å²) in [5.41, 5.74) is 3.18. The Balaban J connectivity index is 1.18. The van der Waals surface area contributed by atoms with Crippen LogP contribution in [0.1, 0.15) is 44.6 Å². The molecule has 168 valence electrons. The number of tetrazole rings is 1. The van der Waals surface area contributed by atoms with Crippen molar-refractivity contribution in [1.29, 1.82) is 0 Å². The summed E-state index contributed by atoms with van der Waals surface area (Å²) in [6, 6.07) is 8.65. The summed E-state index contributed by atoms with van der Waals surface area (Å²) in [6.07, 6.45) is 6.09. The molecule has 9 heteroatoms. The molecule has 3 heterocycles. The molecule has 1 spiro atoms. The average Bonchev–Trinajstić information content (AvgIpc) is 3.52. The van der Waals surface area contributed by atoms with Crippen LogP contribution in [0.15, 0.2) is 41.9 Å². The Kier molecular flexibility index (Phi) is 5.28. The smallest absolute Gasteiger partial charge is 0.336 e. The van der Waals surface area contributed by atoms with Crippen molar-refractivity contribution in [2.45, 2.75) is 51.6 Å². The molecule has 5 rings (SSSR count). The van der Waals surface area contributed by atoms with E-state index in [4.69, 9.17) is 4.74 Å². The van der Waals surface area contributed by atoms with Crippen molar-refractivity contribution in [3.8, 4) is 5.69 Å². The van der Waals surface area contributed by atoms with E-state index < -0.39 is 0 Å². The van der Waals surface area contributed by atoms with Gasteiger partial charge in [-0.2, -0.15) is 0 Å². The van der Waals surface area contributed by atoms with E-state index in [-0.39, 0.29) is 23.9 Å². The van der Waals surface area contributed by atoms with Gasteiger partial charge in [0.2, 0.25) is 5.91 Å². The zero-order chi connectivity index (χ0) is 22.3. The standard InChI is InChI=1S/C23H28N6O3/c1-16-20(14-32-21(16)30)28-12-11-23(22(28)31)9-7-18(8-10-23)27(2)13-17-3-5-19(6-4-17)29-25-15-24-26-29/h3-6,15,18H,7-14H2,1-2H3. The molecule has 1 aromatic carbocycles. The third-order valence-corrected chi connectivity index (χ3v) is 7.40. The molecule has 1 aromatic heterocycles. The number of carbonyl (C=O) groups is 2. The van der Waals surface area contributed by atoms with Crippen LogP contribution < -0.4 is 0 Å². The van der Waals surface area contributed by atoms with Crippen LogP contribution in [-0.4, -0.2) is 68.1 Å². The molecule has 1 amide bonds. The Labute approximate surface area is 187 Å². The SMILES string of the molecule is CC1=C(N2CCC3(CCC(N(C)Cc4ccc(-n5ncnn5)cc4)CC3)C2=O)COC1=O. The van der Waals surface area contributed by atoms with E-state index in [1.165, 1.54) is 16.7 Å². The summed E-state index contributed by atoms with van der Waals surface area (Å²) in [5.74, 6) is -0.117. The zero-order valence-corrected chi connectivity index (χ0v) is 18.5. The largest absolute Gasteiger partial charge is 0.456 e. The Morgan fingerprint density at radius 3 is 2.53 bits per heavy atom. The van der Waals surface area contributed by atoms with Gasteiger partial charge in [0, 0.05) is 19.1 Å². The average molecular weight is 437 g/mol. The van der Waals surface area contributed by atoms with Gasteiger partial charge >= 0.3 is 5.97 Å². The minimum atomic E-state index is -0.301. The lowest BCUT2D eigenvalue weighted by molar-refractivity contribution is -0.138. The second-order valence-corrected chi connectivity index (χ2v) is 9.17. The van der Waals surface area contributed by atoms with Gasteiger partial charge in [-0.1, -0.05) is 12.1 Å². The molecule has 2 aromatic rings. The Morgan fingerprint density at radius 1 is 1.16 bits per heavy atom. The van der Waals surface area contributed by atoms with Crippen LogP contribution >= 0.6 is 0 Å². The van der Waals surface area contributed by atoms with Crippen molar-refractivity contribution in [1.82, 2.24) is 30.0 Å². The van der Waals surface area contributed by atoms with E-state index in [0.29, 0.717) is 18.2 Å². The summed E-state index contributed by atoms with van der Waals surface area (Å²) in [4.78, 5) is 30.7. The van der Waals surface area contributed by atoms with Gasteiger partial charge < -0.3 is 9.64 Å². The molecule has 0 bridgehead atoms. The molecular weight excluding hydrogens is 408 g/mol. The Hall–Kier alpha value is -3.07. The second-order valence-electron chi connectivity index (χ2n) is 9.17. The number of ether oxygens (including phenoxy) is 1. The lowest BCUT2D eigenvalue weighted by Crippen LogP contribution is -2.42. The van der Waals surface area contributed by atoms with Gasteiger partial charge in [-0.25, -0.2) is 4.79 Å². The maximum atomic E-state index is 13.3. The van der Waals surface area contributed by atoms with Crippen molar-refractivity contribution in [3.63, 3.8) is 0 Å². The minimum absolute atomic E-state index is 0.184. The van der Waals surface area contributed by atoms with Gasteiger partial charge in [0.15, 0.2) is 6.33 Å². The maximum Gasteiger partial charge on any atom is 0.336 e. The first-order valence-corrected chi connectivity index (χ1v) is 11.2. The molecule has 9 nitrogen and oxygen atoms in total. The van der Waals surface area contributed by atoms with Crippen molar-refractivity contribution in [3.05, 3.63) is 47.4 Å². The molecule has 0 unspecified atom stereocenters. The highest BCUT2D eigenvalue weighted by Crippen LogP contribution is 2.47. The number of nitrogens with zero attached hydrogens (tertiary/aromatic N) is 6. The highest BCUT2D eigenvalue weighted by molar-refractivity contribution is 5.94. The van der Waals surface area contributed by atoms with Gasteiger partial charge in [-0.15, -0.1) is 15.0 Å². The van der Waals surface area contributed by atoms with Crippen LogP contribution in [0.4, 0.5) is 0 Å². The van der Waals surface area contributed by atoms with Crippen LogP contribution in [0.5, 0.6) is 0 Å². The van der Waals surface area contributed by atoms with Crippen molar-refractivity contribution in [2.75, 3.05) is 20.2 Å². The monoisotopic (exact) mass is 436 g/mol. The number of cyclic esters (lactones) is 1. The molecule has 0 N–H and O–H groups in total. The quantitative estimate of drug-likeness (QED) is 0.663. The summed E-state index contributed by atoms with van der Waals surface area (Å²) < 4.78 is 5.12. The highest BCUT2D eigenvalue weighted by atomic mass is 16.5.